The molecule has 2 nitrogen and oxygen atoms in total. The van der Waals surface area contributed by atoms with E-state index in [4.69, 9.17) is 0 Å². The van der Waals surface area contributed by atoms with Crippen LogP contribution in [0.5, 0.6) is 0 Å². The second kappa shape index (κ2) is 12.5. The van der Waals surface area contributed by atoms with Crippen LogP contribution >= 0.6 is 0 Å². The predicted octanol–water partition coefficient (Wildman–Crippen LogP) is 13.2. The molecule has 1 heterocycles. The maximum absolute atomic E-state index is 13.8. The molecule has 0 saturated carbocycles. The number of rotatable bonds is 6. The molecule has 9 aromatic rings. The molecule has 0 unspecified atom stereocenters. The first kappa shape index (κ1) is 29.6. The Labute approximate surface area is 290 Å². The summed E-state index contributed by atoms with van der Waals surface area (Å²) < 4.78 is 13.8. The SMILES string of the molecule is Fc1ccc(N(c2ccc(-c3ccc(-c4c5ccccc5c(-c5cccc6ccccc56)c5ccccc45)cc3)cc2)c2ccccn2)cc1. The van der Waals surface area contributed by atoms with Gasteiger partial charge in [0.05, 0.1) is 0 Å². The highest BCUT2D eigenvalue weighted by molar-refractivity contribution is 6.23. The van der Waals surface area contributed by atoms with Gasteiger partial charge in [-0.05, 0) is 114 Å². The molecular formula is C47H31FN2. The first-order chi connectivity index (χ1) is 24.7. The van der Waals surface area contributed by atoms with Gasteiger partial charge in [-0.25, -0.2) is 9.37 Å². The maximum atomic E-state index is 13.8. The summed E-state index contributed by atoms with van der Waals surface area (Å²) in [6.07, 6.45) is 1.77. The second-order valence-electron chi connectivity index (χ2n) is 12.5. The zero-order valence-electron chi connectivity index (χ0n) is 27.2. The molecule has 0 bridgehead atoms. The van der Waals surface area contributed by atoms with E-state index in [2.05, 4.69) is 145 Å². The van der Waals surface area contributed by atoms with Gasteiger partial charge in [-0.2, -0.15) is 0 Å². The van der Waals surface area contributed by atoms with Gasteiger partial charge in [0.1, 0.15) is 11.6 Å². The standard InChI is InChI=1S/C47H31FN2/c48-36-25-29-38(30-26-36)50(45-18-7-8-31-49-45)37-27-23-33(24-28-37)32-19-21-35(22-20-32)46-41-13-3-5-15-43(41)47(44-16-6-4-14-42(44)46)40-17-9-11-34-10-1-2-12-39(34)40/h1-31H. The fraction of sp³-hybridized carbons (Fsp3) is 0. The number of halogens is 1. The number of hydrogen-bond acceptors (Lipinski definition) is 2. The van der Waals surface area contributed by atoms with Gasteiger partial charge in [0.15, 0.2) is 0 Å². The zero-order valence-corrected chi connectivity index (χ0v) is 27.2. The van der Waals surface area contributed by atoms with E-state index in [-0.39, 0.29) is 5.82 Å². The van der Waals surface area contributed by atoms with Crippen LogP contribution in [0.25, 0.3) is 65.7 Å². The van der Waals surface area contributed by atoms with E-state index in [1.54, 1.807) is 18.3 Å². The molecule has 0 aliphatic heterocycles. The third kappa shape index (κ3) is 5.17. The predicted molar refractivity (Wildman–Crippen MR) is 208 cm³/mol. The third-order valence-corrected chi connectivity index (χ3v) is 9.59. The first-order valence-corrected chi connectivity index (χ1v) is 16.8. The summed E-state index contributed by atoms with van der Waals surface area (Å²) >= 11 is 0. The molecule has 0 N–H and O–H groups in total. The highest BCUT2D eigenvalue weighted by atomic mass is 19.1. The molecule has 0 aliphatic carbocycles. The quantitative estimate of drug-likeness (QED) is 0.168. The van der Waals surface area contributed by atoms with Crippen molar-refractivity contribution in [2.24, 2.45) is 0 Å². The van der Waals surface area contributed by atoms with Gasteiger partial charge in [0.25, 0.3) is 0 Å². The van der Waals surface area contributed by atoms with E-state index in [1.165, 1.54) is 66.7 Å². The van der Waals surface area contributed by atoms with Gasteiger partial charge in [0, 0.05) is 17.6 Å². The molecular weight excluding hydrogens is 612 g/mol. The van der Waals surface area contributed by atoms with E-state index < -0.39 is 0 Å². The van der Waals surface area contributed by atoms with Crippen molar-refractivity contribution in [1.29, 1.82) is 0 Å². The Hall–Kier alpha value is -6.58. The molecule has 50 heavy (non-hydrogen) atoms. The summed E-state index contributed by atoms with van der Waals surface area (Å²) in [6, 6.07) is 62.5. The van der Waals surface area contributed by atoms with Crippen LogP contribution < -0.4 is 4.90 Å². The molecule has 0 saturated heterocycles. The van der Waals surface area contributed by atoms with Crippen molar-refractivity contribution in [2.45, 2.75) is 0 Å². The van der Waals surface area contributed by atoms with Crippen LogP contribution in [0.1, 0.15) is 0 Å². The van der Waals surface area contributed by atoms with Crippen molar-refractivity contribution in [3.8, 4) is 33.4 Å². The fourth-order valence-electron chi connectivity index (χ4n) is 7.30. The first-order valence-electron chi connectivity index (χ1n) is 16.8. The molecule has 0 radical (unpaired) electrons. The Bertz CT molecular complexity index is 2570. The number of fused-ring (bicyclic) bond motifs is 3. The van der Waals surface area contributed by atoms with Crippen molar-refractivity contribution >= 4 is 49.5 Å². The highest BCUT2D eigenvalue weighted by Crippen LogP contribution is 2.45. The van der Waals surface area contributed by atoms with E-state index in [9.17, 15) is 4.39 Å². The number of aromatic nitrogens is 1. The molecule has 3 heteroatoms. The molecule has 236 valence electrons. The molecule has 0 fully saturated rings. The Morgan fingerprint density at radius 3 is 1.46 bits per heavy atom. The van der Waals surface area contributed by atoms with Crippen LogP contribution in [0.4, 0.5) is 21.6 Å². The van der Waals surface area contributed by atoms with Crippen LogP contribution in [-0.2, 0) is 0 Å². The summed E-state index contributed by atoms with van der Waals surface area (Å²) in [5.41, 5.74) is 8.98. The lowest BCUT2D eigenvalue weighted by Gasteiger charge is -2.24. The number of nitrogens with zero attached hydrogens (tertiary/aromatic N) is 2. The van der Waals surface area contributed by atoms with Gasteiger partial charge >= 0.3 is 0 Å². The van der Waals surface area contributed by atoms with Crippen LogP contribution in [0.15, 0.2) is 188 Å². The Morgan fingerprint density at radius 1 is 0.380 bits per heavy atom. The minimum atomic E-state index is -0.268. The van der Waals surface area contributed by atoms with Crippen LogP contribution in [-0.4, -0.2) is 4.98 Å². The summed E-state index contributed by atoms with van der Waals surface area (Å²) in [6.45, 7) is 0. The van der Waals surface area contributed by atoms with E-state index in [0.29, 0.717) is 0 Å². The van der Waals surface area contributed by atoms with Crippen LogP contribution in [0, 0.1) is 5.82 Å². The Kier molecular flexibility index (Phi) is 7.37. The van der Waals surface area contributed by atoms with E-state index in [0.717, 1.165) is 28.3 Å². The monoisotopic (exact) mass is 642 g/mol. The molecule has 0 aliphatic rings. The minimum Gasteiger partial charge on any atom is -0.295 e. The average molecular weight is 643 g/mol. The Balaban J connectivity index is 1.13. The zero-order chi connectivity index (χ0) is 33.4. The summed E-state index contributed by atoms with van der Waals surface area (Å²) in [5, 5.41) is 7.47. The van der Waals surface area contributed by atoms with Crippen molar-refractivity contribution in [2.75, 3.05) is 4.90 Å². The smallest absolute Gasteiger partial charge is 0.137 e. The molecule has 8 aromatic carbocycles. The van der Waals surface area contributed by atoms with Crippen molar-refractivity contribution in [3.63, 3.8) is 0 Å². The van der Waals surface area contributed by atoms with E-state index in [1.807, 2.05) is 23.1 Å². The number of anilines is 3. The highest BCUT2D eigenvalue weighted by Gasteiger charge is 2.18. The van der Waals surface area contributed by atoms with Gasteiger partial charge in [-0.1, -0.05) is 133 Å². The molecule has 1 aromatic heterocycles. The van der Waals surface area contributed by atoms with Crippen molar-refractivity contribution in [1.82, 2.24) is 4.98 Å². The average Bonchev–Trinajstić information content (AvgIpc) is 3.18. The lowest BCUT2D eigenvalue weighted by molar-refractivity contribution is 0.628. The maximum Gasteiger partial charge on any atom is 0.137 e. The summed E-state index contributed by atoms with van der Waals surface area (Å²) in [5.74, 6) is 0.498. The molecule has 0 atom stereocenters. The lowest BCUT2D eigenvalue weighted by Crippen LogP contribution is -2.11. The second-order valence-corrected chi connectivity index (χ2v) is 12.5. The molecule has 0 amide bonds. The van der Waals surface area contributed by atoms with Gasteiger partial charge in [-0.15, -0.1) is 0 Å². The Morgan fingerprint density at radius 2 is 0.860 bits per heavy atom. The number of benzene rings is 8. The summed E-state index contributed by atoms with van der Waals surface area (Å²) in [4.78, 5) is 6.62. The topological polar surface area (TPSA) is 16.1 Å². The minimum absolute atomic E-state index is 0.268. The van der Waals surface area contributed by atoms with Crippen LogP contribution in [0.2, 0.25) is 0 Å². The van der Waals surface area contributed by atoms with Gasteiger partial charge in [0.2, 0.25) is 0 Å². The number of hydrogen-bond donors (Lipinski definition) is 0. The van der Waals surface area contributed by atoms with Gasteiger partial charge < -0.3 is 0 Å². The van der Waals surface area contributed by atoms with Crippen molar-refractivity contribution < 1.29 is 4.39 Å². The number of pyridine rings is 1. The van der Waals surface area contributed by atoms with E-state index >= 15 is 0 Å². The third-order valence-electron chi connectivity index (χ3n) is 9.59. The van der Waals surface area contributed by atoms with Crippen LogP contribution in [0.3, 0.4) is 0 Å². The lowest BCUT2D eigenvalue weighted by atomic mass is 9.84. The molecule has 0 spiro atoms. The van der Waals surface area contributed by atoms with Gasteiger partial charge in [-0.3, -0.25) is 4.90 Å². The summed E-state index contributed by atoms with van der Waals surface area (Å²) in [7, 11) is 0. The molecule has 9 rings (SSSR count). The normalized spacial score (nSPS) is 11.3. The largest absolute Gasteiger partial charge is 0.295 e. The fourth-order valence-corrected chi connectivity index (χ4v) is 7.30. The van der Waals surface area contributed by atoms with Crippen molar-refractivity contribution in [3.05, 3.63) is 194 Å².